The molecule has 1 fully saturated rings. The number of carbonyl (C=O) groups excluding carboxylic acids is 1. The number of amides is 1. The van der Waals surface area contributed by atoms with Gasteiger partial charge in [0.25, 0.3) is 0 Å². The van der Waals surface area contributed by atoms with Crippen molar-refractivity contribution in [1.82, 2.24) is 4.90 Å². The summed E-state index contributed by atoms with van der Waals surface area (Å²) in [4.78, 5) is 16.1. The fourth-order valence-corrected chi connectivity index (χ4v) is 1.70. The van der Waals surface area contributed by atoms with E-state index in [1.807, 2.05) is 0 Å². The van der Waals surface area contributed by atoms with Crippen molar-refractivity contribution >= 4 is 6.09 Å². The number of morpholine rings is 1. The Hall–Kier alpha value is -1.50. The van der Waals surface area contributed by atoms with E-state index in [1.165, 1.54) is 4.90 Å². The zero-order valence-electron chi connectivity index (χ0n) is 11.4. The van der Waals surface area contributed by atoms with Crippen molar-refractivity contribution < 1.29 is 19.4 Å². The normalized spacial score (nSPS) is 21.5. The predicted molar refractivity (Wildman–Crippen MR) is 67.6 cm³/mol. The minimum atomic E-state index is -0.699. The number of nitrogens with zero attached hydrogens (tertiary/aromatic N) is 4. The minimum Gasteiger partial charge on any atom is -0.444 e. The van der Waals surface area contributed by atoms with E-state index in [9.17, 15) is 4.79 Å². The van der Waals surface area contributed by atoms with Gasteiger partial charge in [0, 0.05) is 11.5 Å². The molecule has 8 heteroatoms. The first-order chi connectivity index (χ1) is 8.87. The molecule has 0 radical (unpaired) electrons. The summed E-state index contributed by atoms with van der Waals surface area (Å²) < 4.78 is 10.7. The molecule has 1 N–H and O–H groups in total. The molecule has 0 aromatic rings. The molecule has 1 amide bonds. The molecule has 1 rings (SSSR count). The van der Waals surface area contributed by atoms with Crippen LogP contribution in [-0.2, 0) is 9.47 Å². The standard InChI is InChI=1S/C11H20N4O4/c1-11(2,3)19-10(17)15-4-5-18-9(6-15)8(7-16)13-14-12/h8-9,16H,4-7H2,1-3H3. The number of hydrogen-bond donors (Lipinski definition) is 1. The minimum absolute atomic E-state index is 0.235. The molecule has 0 spiro atoms. The summed E-state index contributed by atoms with van der Waals surface area (Å²) in [5.41, 5.74) is 7.85. The third-order valence-electron chi connectivity index (χ3n) is 2.56. The Morgan fingerprint density at radius 2 is 2.37 bits per heavy atom. The zero-order valence-corrected chi connectivity index (χ0v) is 11.4. The van der Waals surface area contributed by atoms with Gasteiger partial charge in [0.2, 0.25) is 0 Å². The van der Waals surface area contributed by atoms with Gasteiger partial charge in [-0.25, -0.2) is 4.79 Å². The summed E-state index contributed by atoms with van der Waals surface area (Å²) in [6.45, 7) is 6.02. The van der Waals surface area contributed by atoms with Gasteiger partial charge in [-0.15, -0.1) is 0 Å². The monoisotopic (exact) mass is 272 g/mol. The fourth-order valence-electron chi connectivity index (χ4n) is 1.70. The van der Waals surface area contributed by atoms with E-state index in [-0.39, 0.29) is 13.2 Å². The van der Waals surface area contributed by atoms with E-state index in [1.54, 1.807) is 20.8 Å². The van der Waals surface area contributed by atoms with Gasteiger partial charge in [0.1, 0.15) is 5.60 Å². The molecular formula is C11H20N4O4. The van der Waals surface area contributed by atoms with Gasteiger partial charge in [-0.1, -0.05) is 5.11 Å². The van der Waals surface area contributed by atoms with E-state index < -0.39 is 23.8 Å². The fraction of sp³-hybridized carbons (Fsp3) is 0.909. The third-order valence-corrected chi connectivity index (χ3v) is 2.56. The Bertz CT molecular complexity index is 362. The van der Waals surface area contributed by atoms with Crippen molar-refractivity contribution in [3.05, 3.63) is 10.4 Å². The highest BCUT2D eigenvalue weighted by atomic mass is 16.6. The molecular weight excluding hydrogens is 252 g/mol. The lowest BCUT2D eigenvalue weighted by molar-refractivity contribution is -0.0556. The second-order valence-electron chi connectivity index (χ2n) is 5.29. The Balaban J connectivity index is 2.63. The molecule has 0 aliphatic carbocycles. The molecule has 0 aromatic carbocycles. The van der Waals surface area contributed by atoms with E-state index >= 15 is 0 Å². The second-order valence-corrected chi connectivity index (χ2v) is 5.29. The van der Waals surface area contributed by atoms with Crippen LogP contribution < -0.4 is 0 Å². The molecule has 108 valence electrons. The number of hydrogen-bond acceptors (Lipinski definition) is 5. The predicted octanol–water partition coefficient (Wildman–Crippen LogP) is 1.29. The van der Waals surface area contributed by atoms with Gasteiger partial charge in [0.15, 0.2) is 0 Å². The zero-order chi connectivity index (χ0) is 14.5. The van der Waals surface area contributed by atoms with Crippen molar-refractivity contribution in [2.24, 2.45) is 5.11 Å². The Morgan fingerprint density at radius 1 is 1.68 bits per heavy atom. The van der Waals surface area contributed by atoms with Crippen LogP contribution in [0.5, 0.6) is 0 Å². The largest absolute Gasteiger partial charge is 0.444 e. The van der Waals surface area contributed by atoms with Gasteiger partial charge in [-0.05, 0) is 26.3 Å². The summed E-state index contributed by atoms with van der Waals surface area (Å²) in [6, 6.07) is -0.699. The van der Waals surface area contributed by atoms with Crippen LogP contribution in [-0.4, -0.2) is 60.1 Å². The van der Waals surface area contributed by atoms with E-state index in [2.05, 4.69) is 10.0 Å². The molecule has 0 bridgehead atoms. The number of ether oxygens (including phenoxy) is 2. The molecule has 8 nitrogen and oxygen atoms in total. The summed E-state index contributed by atoms with van der Waals surface area (Å²) in [7, 11) is 0. The van der Waals surface area contributed by atoms with Gasteiger partial charge in [0.05, 0.1) is 31.9 Å². The molecule has 0 aromatic heterocycles. The van der Waals surface area contributed by atoms with Gasteiger partial charge < -0.3 is 19.5 Å². The van der Waals surface area contributed by atoms with E-state index in [0.29, 0.717) is 13.2 Å². The van der Waals surface area contributed by atoms with Crippen LogP contribution in [0.25, 0.3) is 10.4 Å². The maximum absolute atomic E-state index is 11.9. The molecule has 1 heterocycles. The van der Waals surface area contributed by atoms with Crippen molar-refractivity contribution in [3.8, 4) is 0 Å². The van der Waals surface area contributed by atoms with Gasteiger partial charge >= 0.3 is 6.09 Å². The maximum Gasteiger partial charge on any atom is 0.410 e. The van der Waals surface area contributed by atoms with Crippen molar-refractivity contribution in [3.63, 3.8) is 0 Å². The Labute approximate surface area is 111 Å². The van der Waals surface area contributed by atoms with Gasteiger partial charge in [-0.3, -0.25) is 0 Å². The lowest BCUT2D eigenvalue weighted by atomic mass is 10.1. The molecule has 2 atom stereocenters. The summed E-state index contributed by atoms with van der Waals surface area (Å²) in [5, 5.41) is 12.6. The number of carbonyl (C=O) groups is 1. The second kappa shape index (κ2) is 6.60. The van der Waals surface area contributed by atoms with Crippen molar-refractivity contribution in [2.45, 2.75) is 38.5 Å². The number of azide groups is 1. The first kappa shape index (κ1) is 15.6. The van der Waals surface area contributed by atoms with E-state index in [0.717, 1.165) is 0 Å². The number of aliphatic hydroxyl groups is 1. The quantitative estimate of drug-likeness (QED) is 0.474. The maximum atomic E-state index is 11.9. The van der Waals surface area contributed by atoms with Crippen LogP contribution in [0.1, 0.15) is 20.8 Å². The van der Waals surface area contributed by atoms with Crippen LogP contribution in [0.2, 0.25) is 0 Å². The lowest BCUT2D eigenvalue weighted by Gasteiger charge is -2.35. The first-order valence-corrected chi connectivity index (χ1v) is 6.12. The van der Waals surface area contributed by atoms with Crippen molar-refractivity contribution in [1.29, 1.82) is 0 Å². The van der Waals surface area contributed by atoms with Crippen LogP contribution in [0, 0.1) is 0 Å². The Kier molecular flexibility index (Phi) is 5.41. The highest BCUT2D eigenvalue weighted by Crippen LogP contribution is 2.15. The molecule has 1 saturated heterocycles. The van der Waals surface area contributed by atoms with Crippen LogP contribution in [0.4, 0.5) is 4.79 Å². The molecule has 1 aliphatic heterocycles. The number of rotatable bonds is 3. The highest BCUT2D eigenvalue weighted by Gasteiger charge is 2.31. The average Bonchev–Trinajstić information content (AvgIpc) is 2.34. The van der Waals surface area contributed by atoms with Crippen LogP contribution in [0.15, 0.2) is 5.11 Å². The van der Waals surface area contributed by atoms with Gasteiger partial charge in [-0.2, -0.15) is 0 Å². The average molecular weight is 272 g/mol. The Morgan fingerprint density at radius 3 is 2.89 bits per heavy atom. The van der Waals surface area contributed by atoms with Crippen LogP contribution >= 0.6 is 0 Å². The lowest BCUT2D eigenvalue weighted by Crippen LogP contribution is -2.51. The topological polar surface area (TPSA) is 108 Å². The third kappa shape index (κ3) is 4.94. The van der Waals surface area contributed by atoms with Crippen molar-refractivity contribution in [2.75, 3.05) is 26.3 Å². The molecule has 2 unspecified atom stereocenters. The smallest absolute Gasteiger partial charge is 0.410 e. The van der Waals surface area contributed by atoms with Crippen LogP contribution in [0.3, 0.4) is 0 Å². The summed E-state index contributed by atoms with van der Waals surface area (Å²) in [6.07, 6.45) is -0.944. The highest BCUT2D eigenvalue weighted by molar-refractivity contribution is 5.68. The molecule has 1 aliphatic rings. The number of aliphatic hydroxyl groups excluding tert-OH is 1. The molecule has 0 saturated carbocycles. The van der Waals surface area contributed by atoms with E-state index in [4.69, 9.17) is 20.1 Å². The molecule has 19 heavy (non-hydrogen) atoms. The first-order valence-electron chi connectivity index (χ1n) is 6.12. The SMILES string of the molecule is CC(C)(C)OC(=O)N1CCOC(C(CO)N=[N+]=[N-])C1. The summed E-state index contributed by atoms with van der Waals surface area (Å²) in [5.74, 6) is 0. The summed E-state index contributed by atoms with van der Waals surface area (Å²) >= 11 is 0.